The summed E-state index contributed by atoms with van der Waals surface area (Å²) in [5, 5.41) is 32.6. The van der Waals surface area contributed by atoms with E-state index in [2.05, 4.69) is 20.3 Å². The van der Waals surface area contributed by atoms with Gasteiger partial charge >= 0.3 is 0 Å². The van der Waals surface area contributed by atoms with Crippen LogP contribution in [0.25, 0.3) is 22.3 Å². The predicted molar refractivity (Wildman–Crippen MR) is 110 cm³/mol. The predicted octanol–water partition coefficient (Wildman–Crippen LogP) is 1.83. The molecule has 5 rings (SSSR count). The molecule has 3 N–H and O–H groups in total. The second-order valence-corrected chi connectivity index (χ2v) is 7.78. The number of nitrogens with two attached hydrogens (primary N) is 1. The zero-order valence-electron chi connectivity index (χ0n) is 16.5. The highest BCUT2D eigenvalue weighted by Gasteiger charge is 2.43. The number of aryl methyl sites for hydroxylation is 1. The van der Waals surface area contributed by atoms with Gasteiger partial charge in [0, 0.05) is 17.5 Å². The Labute approximate surface area is 172 Å². The molecule has 0 atom stereocenters. The second kappa shape index (κ2) is 6.74. The van der Waals surface area contributed by atoms with Crippen LogP contribution >= 0.6 is 0 Å². The van der Waals surface area contributed by atoms with E-state index in [9.17, 15) is 10.3 Å². The van der Waals surface area contributed by atoms with Crippen LogP contribution in [0.2, 0.25) is 0 Å². The second-order valence-electron chi connectivity index (χ2n) is 7.78. The summed E-state index contributed by atoms with van der Waals surface area (Å²) < 4.78 is 2.38. The molecule has 9 heteroatoms. The van der Waals surface area contributed by atoms with Crippen molar-refractivity contribution in [2.75, 3.05) is 5.73 Å². The maximum absolute atomic E-state index is 12.8. The fourth-order valence-electron chi connectivity index (χ4n) is 3.93. The highest BCUT2D eigenvalue weighted by molar-refractivity contribution is 5.93. The Morgan fingerprint density at radius 2 is 2.00 bits per heavy atom. The molecule has 4 aromatic rings. The smallest absolute Gasteiger partial charge is 0.224 e. The Hall–Kier alpha value is -3.59. The molecule has 0 unspecified atom stereocenters. The summed E-state index contributed by atoms with van der Waals surface area (Å²) in [7, 11) is 0. The van der Waals surface area contributed by atoms with Crippen LogP contribution in [0.3, 0.4) is 0 Å². The number of fused-ring (bicyclic) bond motifs is 1. The van der Waals surface area contributed by atoms with Gasteiger partial charge in [0.05, 0.1) is 11.7 Å². The minimum absolute atomic E-state index is 0.167. The van der Waals surface area contributed by atoms with Crippen LogP contribution in [0, 0.1) is 12.1 Å². The Kier molecular flexibility index (Phi) is 4.14. The molecule has 1 saturated carbocycles. The number of nitrogens with zero attached hydrogens (tertiary/aromatic N) is 6. The van der Waals surface area contributed by atoms with Crippen molar-refractivity contribution in [1.29, 1.82) is 0 Å². The Balaban J connectivity index is 1.50. The monoisotopic (exact) mass is 403 g/mol. The van der Waals surface area contributed by atoms with Crippen LogP contribution in [0.1, 0.15) is 36.2 Å². The number of nitrogen functional groups attached to an aromatic ring is 1. The molecular formula is C21H21N7O2. The zero-order valence-corrected chi connectivity index (χ0v) is 16.5. The van der Waals surface area contributed by atoms with Crippen molar-refractivity contribution in [3.05, 3.63) is 64.8 Å². The SMILES string of the molecule is Cc1cccc2c(-c3cn(Cc4cccc(C5(O)CCC5)[n+]4[O-])nn3)nc(N)nc12. The third-order valence-electron chi connectivity index (χ3n) is 5.73. The number of aliphatic hydroxyl groups is 1. The lowest BCUT2D eigenvalue weighted by atomic mass is 9.77. The molecule has 152 valence electrons. The standard InChI is InChI=1S/C21H21N7O2/c1-13-5-2-7-15-18(13)23-20(22)24-19(15)16-12-27(26-25-16)11-14-6-3-8-17(28(14)30)21(29)9-4-10-21/h2-3,5-8,12,29H,4,9-11H2,1H3,(H2,22,23,24). The van der Waals surface area contributed by atoms with E-state index in [0.29, 0.717) is 35.6 Å². The number of aromatic nitrogens is 6. The third-order valence-corrected chi connectivity index (χ3v) is 5.73. The number of hydrogen-bond acceptors (Lipinski definition) is 7. The quantitative estimate of drug-likeness (QED) is 0.393. The average molecular weight is 403 g/mol. The fourth-order valence-corrected chi connectivity index (χ4v) is 3.93. The van der Waals surface area contributed by atoms with Crippen molar-refractivity contribution < 1.29 is 9.84 Å². The van der Waals surface area contributed by atoms with Crippen LogP contribution in [0.5, 0.6) is 0 Å². The summed E-state index contributed by atoms with van der Waals surface area (Å²) in [6.45, 7) is 2.18. The van der Waals surface area contributed by atoms with Crippen molar-refractivity contribution >= 4 is 16.9 Å². The first-order valence-electron chi connectivity index (χ1n) is 9.82. The van der Waals surface area contributed by atoms with E-state index in [4.69, 9.17) is 5.73 Å². The summed E-state index contributed by atoms with van der Waals surface area (Å²) in [6, 6.07) is 11.0. The lowest BCUT2D eigenvalue weighted by Crippen LogP contribution is -2.48. The lowest BCUT2D eigenvalue weighted by Gasteiger charge is -2.34. The van der Waals surface area contributed by atoms with E-state index in [-0.39, 0.29) is 12.5 Å². The van der Waals surface area contributed by atoms with Gasteiger partial charge in [-0.05, 0) is 37.8 Å². The molecule has 9 nitrogen and oxygen atoms in total. The molecule has 3 heterocycles. The van der Waals surface area contributed by atoms with E-state index in [1.54, 1.807) is 29.1 Å². The Morgan fingerprint density at radius 3 is 2.77 bits per heavy atom. The zero-order chi connectivity index (χ0) is 20.9. The van der Waals surface area contributed by atoms with Crippen molar-refractivity contribution in [1.82, 2.24) is 25.0 Å². The van der Waals surface area contributed by atoms with Crippen molar-refractivity contribution in [3.63, 3.8) is 0 Å². The normalized spacial score (nSPS) is 15.3. The number of hydrogen-bond donors (Lipinski definition) is 2. The Morgan fingerprint density at radius 1 is 1.20 bits per heavy atom. The molecule has 3 aromatic heterocycles. The van der Waals surface area contributed by atoms with Gasteiger partial charge in [-0.25, -0.2) is 14.6 Å². The minimum atomic E-state index is -1.03. The number of rotatable bonds is 4. The molecule has 30 heavy (non-hydrogen) atoms. The van der Waals surface area contributed by atoms with Gasteiger partial charge in [0.1, 0.15) is 23.5 Å². The lowest BCUT2D eigenvalue weighted by molar-refractivity contribution is -0.633. The van der Waals surface area contributed by atoms with E-state index >= 15 is 0 Å². The molecule has 0 saturated heterocycles. The van der Waals surface area contributed by atoms with E-state index in [1.165, 1.54) is 0 Å². The van der Waals surface area contributed by atoms with Gasteiger partial charge in [-0.1, -0.05) is 23.4 Å². The molecule has 1 aliphatic rings. The average Bonchev–Trinajstić information content (AvgIpc) is 3.16. The minimum Gasteiger partial charge on any atom is -0.618 e. The summed E-state index contributed by atoms with van der Waals surface area (Å²) in [5.41, 5.74) is 8.66. The summed E-state index contributed by atoms with van der Waals surface area (Å²) in [4.78, 5) is 8.70. The number of anilines is 1. The summed E-state index contributed by atoms with van der Waals surface area (Å²) in [5.74, 6) is 0.167. The number of pyridine rings is 1. The largest absolute Gasteiger partial charge is 0.618 e. The first-order valence-corrected chi connectivity index (χ1v) is 9.82. The van der Waals surface area contributed by atoms with Gasteiger partial charge in [-0.2, -0.15) is 4.73 Å². The fraction of sp³-hybridized carbons (Fsp3) is 0.286. The Bertz CT molecular complexity index is 1260. The summed E-state index contributed by atoms with van der Waals surface area (Å²) in [6.07, 6.45) is 3.86. The first kappa shape index (κ1) is 18.4. The van der Waals surface area contributed by atoms with Crippen LogP contribution < -0.4 is 10.5 Å². The first-order chi connectivity index (χ1) is 14.4. The maximum Gasteiger partial charge on any atom is 0.224 e. The molecule has 1 fully saturated rings. The van der Waals surface area contributed by atoms with Gasteiger partial charge in [0.15, 0.2) is 0 Å². The van der Waals surface area contributed by atoms with Crippen LogP contribution in [-0.4, -0.2) is 30.1 Å². The van der Waals surface area contributed by atoms with Crippen LogP contribution in [0.15, 0.2) is 42.6 Å². The molecule has 1 aliphatic carbocycles. The van der Waals surface area contributed by atoms with Crippen molar-refractivity contribution in [3.8, 4) is 11.4 Å². The molecule has 0 amide bonds. The highest BCUT2D eigenvalue weighted by atomic mass is 16.5. The van der Waals surface area contributed by atoms with Crippen LogP contribution in [-0.2, 0) is 12.1 Å². The number of para-hydroxylation sites is 1. The van der Waals surface area contributed by atoms with Gasteiger partial charge in [-0.15, -0.1) is 5.10 Å². The maximum atomic E-state index is 12.8. The highest BCUT2D eigenvalue weighted by Crippen LogP contribution is 2.39. The van der Waals surface area contributed by atoms with Gasteiger partial charge in [-0.3, -0.25) is 0 Å². The van der Waals surface area contributed by atoms with Gasteiger partial charge in [0.2, 0.25) is 17.3 Å². The van der Waals surface area contributed by atoms with Crippen molar-refractivity contribution in [2.45, 2.75) is 38.3 Å². The van der Waals surface area contributed by atoms with Crippen molar-refractivity contribution in [2.24, 2.45) is 0 Å². The number of benzene rings is 1. The van der Waals surface area contributed by atoms with E-state index in [1.807, 2.05) is 25.1 Å². The molecule has 0 aliphatic heterocycles. The van der Waals surface area contributed by atoms with Crippen LogP contribution in [0.4, 0.5) is 5.95 Å². The molecule has 0 radical (unpaired) electrons. The molecular weight excluding hydrogens is 382 g/mol. The van der Waals surface area contributed by atoms with E-state index < -0.39 is 5.60 Å². The molecule has 1 aromatic carbocycles. The molecule has 0 bridgehead atoms. The van der Waals surface area contributed by atoms with Gasteiger partial charge < -0.3 is 16.0 Å². The third kappa shape index (κ3) is 2.94. The topological polar surface area (TPSA) is 130 Å². The van der Waals surface area contributed by atoms with Gasteiger partial charge in [0.25, 0.3) is 0 Å². The van der Waals surface area contributed by atoms with E-state index in [0.717, 1.165) is 27.6 Å². The summed E-state index contributed by atoms with van der Waals surface area (Å²) >= 11 is 0. The molecule has 0 spiro atoms.